The van der Waals surface area contributed by atoms with E-state index < -0.39 is 6.85 Å². The molecular formula is C53H42N3OPt-. The third-order valence-corrected chi connectivity index (χ3v) is 10.4. The van der Waals surface area contributed by atoms with Crippen LogP contribution in [0.15, 0.2) is 176 Å². The fourth-order valence-electron chi connectivity index (χ4n) is 7.72. The number of rotatable bonds is 9. The van der Waals surface area contributed by atoms with Crippen molar-refractivity contribution in [1.29, 1.82) is 0 Å². The van der Waals surface area contributed by atoms with Crippen molar-refractivity contribution >= 4 is 11.0 Å². The summed E-state index contributed by atoms with van der Waals surface area (Å²) in [4.78, 5) is 10.2. The Balaban J connectivity index is 0.00000514. The molecule has 2 aromatic heterocycles. The Labute approximate surface area is 359 Å². The minimum atomic E-state index is -2.17. The molecule has 0 fully saturated rings. The number of pyridine rings is 1. The van der Waals surface area contributed by atoms with Gasteiger partial charge in [0.2, 0.25) is 0 Å². The van der Waals surface area contributed by atoms with Crippen LogP contribution >= 0.6 is 0 Å². The molecule has 0 unspecified atom stereocenters. The van der Waals surface area contributed by atoms with Crippen molar-refractivity contribution in [3.8, 4) is 78.6 Å². The van der Waals surface area contributed by atoms with Gasteiger partial charge in [-0.25, -0.2) is 4.98 Å². The van der Waals surface area contributed by atoms with Crippen LogP contribution < -0.4 is 0 Å². The minimum absolute atomic E-state index is 0. The van der Waals surface area contributed by atoms with Gasteiger partial charge in [0, 0.05) is 42.8 Å². The Bertz CT molecular complexity index is 2980. The smallest absolute Gasteiger partial charge is 0.148 e. The van der Waals surface area contributed by atoms with Crippen LogP contribution in [-0.4, -0.2) is 19.6 Å². The van der Waals surface area contributed by atoms with Gasteiger partial charge in [0.25, 0.3) is 0 Å². The quantitative estimate of drug-likeness (QED) is 0.147. The molecule has 4 nitrogen and oxygen atoms in total. The number of imidazole rings is 1. The van der Waals surface area contributed by atoms with E-state index in [1.807, 2.05) is 66.7 Å². The summed E-state index contributed by atoms with van der Waals surface area (Å²) in [5, 5.41) is 11.3. The van der Waals surface area contributed by atoms with Crippen LogP contribution in [0.25, 0.3) is 83.9 Å². The fourth-order valence-corrected chi connectivity index (χ4v) is 7.72. The molecule has 58 heavy (non-hydrogen) atoms. The number of nitrogens with zero attached hydrogens (tertiary/aromatic N) is 3. The first kappa shape index (κ1) is 34.9. The molecule has 9 rings (SSSR count). The molecule has 9 aromatic rings. The standard InChI is InChI=1S/C53H42N3O.Pt/c1-35(2)29-42-33-45(25-26-46(42)39-15-8-5-9-16-39)56-50-19-12-18-47(52(50)55-53(56)48-17-10-11-20-51(48)57)43-30-41(37-13-6-4-7-14-37)31-44(32-43)49-34-40(27-28-54-49)38-23-21-36(3)22-24-38;/h4-28,30-31,33-35,57H,29H2,1-3H3;/q-1;/i3D3;. The van der Waals surface area contributed by atoms with Crippen molar-refractivity contribution < 1.29 is 30.3 Å². The number of hydrogen-bond donors (Lipinski definition) is 1. The number of para-hydroxylation sites is 2. The van der Waals surface area contributed by atoms with Gasteiger partial charge in [-0.3, -0.25) is 9.55 Å². The Morgan fingerprint density at radius 2 is 1.31 bits per heavy atom. The summed E-state index contributed by atoms with van der Waals surface area (Å²) in [6, 6.07) is 60.0. The second-order valence-corrected chi connectivity index (χ2v) is 14.8. The topological polar surface area (TPSA) is 50.9 Å². The summed E-state index contributed by atoms with van der Waals surface area (Å²) in [6.07, 6.45) is 2.68. The summed E-state index contributed by atoms with van der Waals surface area (Å²) >= 11 is 0. The minimum Gasteiger partial charge on any atom is -0.507 e. The van der Waals surface area contributed by atoms with Crippen LogP contribution in [0.1, 0.15) is 29.1 Å². The van der Waals surface area contributed by atoms with Gasteiger partial charge in [-0.05, 0) is 89.0 Å². The van der Waals surface area contributed by atoms with E-state index in [4.69, 9.17) is 14.1 Å². The number of phenols is 1. The maximum atomic E-state index is 11.3. The van der Waals surface area contributed by atoms with E-state index >= 15 is 0 Å². The summed E-state index contributed by atoms with van der Waals surface area (Å²) in [5.74, 6) is 1.22. The van der Waals surface area contributed by atoms with Crippen LogP contribution in [-0.2, 0) is 27.5 Å². The third kappa shape index (κ3) is 7.69. The number of aromatic hydroxyl groups is 1. The van der Waals surface area contributed by atoms with Crippen LogP contribution in [0, 0.1) is 18.8 Å². The number of phenolic OH excluding ortho intramolecular Hbond substituents is 1. The molecule has 0 aliphatic carbocycles. The van der Waals surface area contributed by atoms with Gasteiger partial charge >= 0.3 is 0 Å². The van der Waals surface area contributed by atoms with Crippen molar-refractivity contribution in [2.24, 2.45) is 5.92 Å². The molecule has 0 aliphatic heterocycles. The van der Waals surface area contributed by atoms with Crippen molar-refractivity contribution in [2.45, 2.75) is 27.1 Å². The van der Waals surface area contributed by atoms with Gasteiger partial charge in [0.15, 0.2) is 0 Å². The van der Waals surface area contributed by atoms with E-state index in [2.05, 4.69) is 109 Å². The molecule has 2 heterocycles. The van der Waals surface area contributed by atoms with E-state index in [1.54, 1.807) is 24.4 Å². The zero-order chi connectivity index (χ0) is 41.4. The molecule has 0 atom stereocenters. The van der Waals surface area contributed by atoms with Crippen molar-refractivity contribution in [3.63, 3.8) is 0 Å². The molecular weight excluding hydrogens is 890 g/mol. The number of aryl methyl sites for hydroxylation is 1. The van der Waals surface area contributed by atoms with Crippen molar-refractivity contribution in [2.75, 3.05) is 0 Å². The first-order valence-electron chi connectivity index (χ1n) is 20.8. The molecule has 0 bridgehead atoms. The van der Waals surface area contributed by atoms with Gasteiger partial charge in [-0.1, -0.05) is 157 Å². The van der Waals surface area contributed by atoms with Crippen LogP contribution in [0.5, 0.6) is 5.75 Å². The van der Waals surface area contributed by atoms with Gasteiger partial charge in [-0.15, -0.1) is 23.8 Å². The molecule has 0 saturated heterocycles. The Kier molecular flexibility index (Phi) is 9.99. The number of benzene rings is 7. The Morgan fingerprint density at radius 3 is 2.05 bits per heavy atom. The van der Waals surface area contributed by atoms with Crippen LogP contribution in [0.3, 0.4) is 0 Å². The van der Waals surface area contributed by atoms with Crippen LogP contribution in [0.4, 0.5) is 0 Å². The van der Waals surface area contributed by atoms with E-state index in [1.165, 1.54) is 16.7 Å². The normalized spacial score (nSPS) is 12.2. The van der Waals surface area contributed by atoms with Crippen molar-refractivity contribution in [1.82, 2.24) is 14.5 Å². The van der Waals surface area contributed by atoms with Gasteiger partial charge in [-0.2, -0.15) is 0 Å². The first-order valence-corrected chi connectivity index (χ1v) is 19.3. The predicted molar refractivity (Wildman–Crippen MR) is 235 cm³/mol. The number of aromatic nitrogens is 3. The van der Waals surface area contributed by atoms with E-state index in [0.29, 0.717) is 22.9 Å². The zero-order valence-electron chi connectivity index (χ0n) is 35.1. The molecule has 0 spiro atoms. The Hall–Kier alpha value is -6.35. The SMILES string of the molecule is [2H]C([2H])([2H])c1ccc(-c2ccnc(-c3[c-]c(-c4cccc5c4nc(-c4ccccc4O)n5-c4ccc(-c5ccccc5)c(CC(C)C)c4)cc(-c4ccccc4)c3)c2)cc1.[Pt]. The van der Waals surface area contributed by atoms with Crippen LogP contribution in [0.2, 0.25) is 0 Å². The molecule has 0 radical (unpaired) electrons. The average Bonchev–Trinajstić information content (AvgIpc) is 3.66. The predicted octanol–water partition coefficient (Wildman–Crippen LogP) is 13.4. The Morgan fingerprint density at radius 1 is 0.621 bits per heavy atom. The average molecular weight is 935 g/mol. The molecule has 0 saturated carbocycles. The maximum absolute atomic E-state index is 11.3. The monoisotopic (exact) mass is 934 g/mol. The summed E-state index contributed by atoms with van der Waals surface area (Å²) in [5.41, 5.74) is 14.3. The second-order valence-electron chi connectivity index (χ2n) is 14.8. The van der Waals surface area contributed by atoms with E-state index in [0.717, 1.165) is 67.8 Å². The maximum Gasteiger partial charge on any atom is 0.148 e. The molecule has 7 aromatic carbocycles. The van der Waals surface area contributed by atoms with E-state index in [9.17, 15) is 5.11 Å². The summed E-state index contributed by atoms with van der Waals surface area (Å²) < 4.78 is 25.6. The van der Waals surface area contributed by atoms with Gasteiger partial charge in [0.1, 0.15) is 11.6 Å². The molecule has 5 heteroatoms. The molecule has 1 N–H and O–H groups in total. The number of fused-ring (bicyclic) bond motifs is 1. The van der Waals surface area contributed by atoms with Gasteiger partial charge in [0.05, 0.1) is 16.6 Å². The number of hydrogen-bond acceptors (Lipinski definition) is 3. The van der Waals surface area contributed by atoms with E-state index in [-0.39, 0.29) is 26.8 Å². The fraction of sp³-hybridized carbons (Fsp3) is 0.0943. The first-order chi connectivity index (χ1) is 29.1. The molecule has 0 amide bonds. The molecule has 286 valence electrons. The third-order valence-electron chi connectivity index (χ3n) is 10.4. The molecule has 0 aliphatic rings. The summed E-state index contributed by atoms with van der Waals surface area (Å²) in [7, 11) is 0. The zero-order valence-corrected chi connectivity index (χ0v) is 34.4. The van der Waals surface area contributed by atoms with Gasteiger partial charge < -0.3 is 5.11 Å². The van der Waals surface area contributed by atoms with Crippen molar-refractivity contribution in [3.05, 3.63) is 193 Å². The second kappa shape index (κ2) is 16.6. The largest absolute Gasteiger partial charge is 0.507 e. The summed E-state index contributed by atoms with van der Waals surface area (Å²) in [6.45, 7) is 2.32.